The predicted molar refractivity (Wildman–Crippen MR) is 115 cm³/mol. The summed E-state index contributed by atoms with van der Waals surface area (Å²) >= 11 is 29.1. The molecule has 0 amide bonds. The summed E-state index contributed by atoms with van der Waals surface area (Å²) in [6, 6.07) is 9.22. The molecule has 0 saturated carbocycles. The lowest BCUT2D eigenvalue weighted by molar-refractivity contribution is 0.605. The molecule has 0 bridgehead atoms. The minimum atomic E-state index is -3.81. The van der Waals surface area contributed by atoms with Gasteiger partial charge in [0.25, 0.3) is 0 Å². The fourth-order valence-corrected chi connectivity index (χ4v) is 4.86. The first kappa shape index (κ1) is 21.5. The van der Waals surface area contributed by atoms with Gasteiger partial charge in [0.15, 0.2) is 9.84 Å². The molecule has 26 heavy (non-hydrogen) atoms. The van der Waals surface area contributed by atoms with Gasteiger partial charge >= 0.3 is 0 Å². The molecule has 0 spiro atoms. The van der Waals surface area contributed by atoms with Crippen LogP contribution in [0.2, 0.25) is 20.1 Å². The van der Waals surface area contributed by atoms with Gasteiger partial charge in [0, 0.05) is 26.8 Å². The maximum atomic E-state index is 13.1. The molecule has 0 radical (unpaired) electrons. The SMILES string of the molecule is CC(=S)N/C=C(\c1ccc(Cl)cc1Cl)S(=O)(=O)Cc1ccc(Cl)cc1Cl. The molecule has 0 atom stereocenters. The third-order valence-electron chi connectivity index (χ3n) is 3.30. The van der Waals surface area contributed by atoms with Crippen molar-refractivity contribution in [1.29, 1.82) is 0 Å². The fraction of sp³-hybridized carbons (Fsp3) is 0.118. The van der Waals surface area contributed by atoms with Gasteiger partial charge in [-0.05, 0) is 36.8 Å². The maximum Gasteiger partial charge on any atom is 0.184 e. The normalized spacial score (nSPS) is 12.1. The van der Waals surface area contributed by atoms with E-state index < -0.39 is 9.84 Å². The third kappa shape index (κ3) is 5.59. The lowest BCUT2D eigenvalue weighted by Crippen LogP contribution is -2.15. The maximum absolute atomic E-state index is 13.1. The molecule has 0 unspecified atom stereocenters. The number of thiocarbonyl (C=S) groups is 1. The number of hydrogen-bond acceptors (Lipinski definition) is 3. The Labute approximate surface area is 177 Å². The summed E-state index contributed by atoms with van der Waals surface area (Å²) in [5.41, 5.74) is 0.732. The first-order valence-corrected chi connectivity index (χ1v) is 10.8. The number of benzene rings is 2. The highest BCUT2D eigenvalue weighted by Crippen LogP contribution is 2.33. The van der Waals surface area contributed by atoms with Gasteiger partial charge < -0.3 is 5.32 Å². The number of halogens is 4. The first-order valence-electron chi connectivity index (χ1n) is 7.19. The zero-order valence-electron chi connectivity index (χ0n) is 13.4. The zero-order chi connectivity index (χ0) is 19.5. The van der Waals surface area contributed by atoms with E-state index in [1.165, 1.54) is 24.4 Å². The van der Waals surface area contributed by atoms with Crippen molar-refractivity contribution in [3.05, 3.63) is 73.8 Å². The van der Waals surface area contributed by atoms with Crippen LogP contribution in [0.3, 0.4) is 0 Å². The molecule has 2 aromatic carbocycles. The standard InChI is InChI=1S/C17H13Cl4NO2S2/c1-10(25)22-8-17(14-5-4-13(19)7-16(14)21)26(23,24)9-11-2-3-12(18)6-15(11)20/h2-8H,9H2,1H3,(H,22,25)/b17-8+. The Morgan fingerprint density at radius 2 is 1.62 bits per heavy atom. The first-order chi connectivity index (χ1) is 12.1. The Bertz CT molecular complexity index is 988. The Morgan fingerprint density at radius 1 is 1.04 bits per heavy atom. The van der Waals surface area contributed by atoms with Crippen LogP contribution in [0.1, 0.15) is 18.1 Å². The summed E-state index contributed by atoms with van der Waals surface area (Å²) in [5.74, 6) is -0.327. The van der Waals surface area contributed by atoms with Crippen LogP contribution in [-0.2, 0) is 15.6 Å². The van der Waals surface area contributed by atoms with Crippen molar-refractivity contribution in [2.75, 3.05) is 0 Å². The molecule has 0 aromatic heterocycles. The molecule has 138 valence electrons. The average molecular weight is 469 g/mol. The lowest BCUT2D eigenvalue weighted by Gasteiger charge is -2.13. The molecule has 0 heterocycles. The van der Waals surface area contributed by atoms with Gasteiger partial charge in [-0.2, -0.15) is 0 Å². The number of hydrogen-bond donors (Lipinski definition) is 1. The summed E-state index contributed by atoms with van der Waals surface area (Å²) in [5, 5.41) is 4.04. The van der Waals surface area contributed by atoms with Gasteiger partial charge in [-0.1, -0.05) is 70.8 Å². The van der Waals surface area contributed by atoms with Crippen LogP contribution in [0.4, 0.5) is 0 Å². The molecule has 1 N–H and O–H groups in total. The van der Waals surface area contributed by atoms with Crippen LogP contribution in [0.15, 0.2) is 42.6 Å². The summed E-state index contributed by atoms with van der Waals surface area (Å²) in [6.07, 6.45) is 1.32. The number of nitrogens with one attached hydrogen (secondary N) is 1. The van der Waals surface area contributed by atoms with E-state index in [2.05, 4.69) is 5.32 Å². The minimum absolute atomic E-state index is 0.0191. The van der Waals surface area contributed by atoms with Gasteiger partial charge in [-0.15, -0.1) is 0 Å². The van der Waals surface area contributed by atoms with Crippen LogP contribution >= 0.6 is 58.6 Å². The molecular weight excluding hydrogens is 456 g/mol. The molecular formula is C17H13Cl4NO2S2. The smallest absolute Gasteiger partial charge is 0.184 e. The van der Waals surface area contributed by atoms with Crippen LogP contribution < -0.4 is 5.32 Å². The Hall–Kier alpha value is -0.820. The molecule has 3 nitrogen and oxygen atoms in total. The molecule has 2 aromatic rings. The van der Waals surface area contributed by atoms with E-state index in [-0.39, 0.29) is 20.7 Å². The van der Waals surface area contributed by atoms with Crippen molar-refractivity contribution in [2.45, 2.75) is 12.7 Å². The van der Waals surface area contributed by atoms with Gasteiger partial charge in [0.1, 0.15) is 0 Å². The quantitative estimate of drug-likeness (QED) is 0.534. The van der Waals surface area contributed by atoms with Crippen molar-refractivity contribution < 1.29 is 8.42 Å². The monoisotopic (exact) mass is 467 g/mol. The highest BCUT2D eigenvalue weighted by atomic mass is 35.5. The Morgan fingerprint density at radius 3 is 2.15 bits per heavy atom. The van der Waals surface area contributed by atoms with E-state index in [1.807, 2.05) is 0 Å². The van der Waals surface area contributed by atoms with Gasteiger partial charge in [-0.25, -0.2) is 8.42 Å². The molecule has 0 aliphatic heterocycles. The van der Waals surface area contributed by atoms with Gasteiger partial charge in [0.05, 0.1) is 20.7 Å². The lowest BCUT2D eigenvalue weighted by atomic mass is 10.2. The van der Waals surface area contributed by atoms with E-state index in [4.69, 9.17) is 58.6 Å². The van der Waals surface area contributed by atoms with Crippen molar-refractivity contribution in [3.63, 3.8) is 0 Å². The zero-order valence-corrected chi connectivity index (χ0v) is 18.1. The highest BCUT2D eigenvalue weighted by Gasteiger charge is 2.24. The van der Waals surface area contributed by atoms with E-state index in [1.54, 1.807) is 25.1 Å². The molecule has 0 aliphatic rings. The second-order valence-electron chi connectivity index (χ2n) is 5.33. The van der Waals surface area contributed by atoms with Crippen molar-refractivity contribution in [2.24, 2.45) is 0 Å². The molecule has 9 heteroatoms. The largest absolute Gasteiger partial charge is 0.355 e. The van der Waals surface area contributed by atoms with Crippen LogP contribution in [0.25, 0.3) is 4.91 Å². The van der Waals surface area contributed by atoms with E-state index >= 15 is 0 Å². The fourth-order valence-electron chi connectivity index (χ4n) is 2.11. The van der Waals surface area contributed by atoms with E-state index in [0.717, 1.165) is 0 Å². The van der Waals surface area contributed by atoms with Crippen LogP contribution in [0.5, 0.6) is 0 Å². The topological polar surface area (TPSA) is 46.2 Å². The minimum Gasteiger partial charge on any atom is -0.355 e. The highest BCUT2D eigenvalue weighted by molar-refractivity contribution is 7.99. The van der Waals surface area contributed by atoms with Crippen LogP contribution in [0, 0.1) is 0 Å². The number of rotatable bonds is 5. The summed E-state index contributed by atoms with van der Waals surface area (Å²) in [6.45, 7) is 1.63. The van der Waals surface area contributed by atoms with Crippen molar-refractivity contribution >= 4 is 78.4 Å². The van der Waals surface area contributed by atoms with Crippen molar-refractivity contribution in [3.8, 4) is 0 Å². The summed E-state index contributed by atoms with van der Waals surface area (Å²) in [4.78, 5) is 0.390. The van der Waals surface area contributed by atoms with Crippen LogP contribution in [-0.4, -0.2) is 13.4 Å². The Kier molecular flexibility index (Phi) is 7.36. The molecule has 0 aliphatic carbocycles. The second kappa shape index (κ2) is 8.91. The molecule has 2 rings (SSSR count). The second-order valence-corrected chi connectivity index (χ2v) is 9.59. The van der Waals surface area contributed by atoms with E-state index in [0.29, 0.717) is 26.2 Å². The third-order valence-corrected chi connectivity index (χ3v) is 6.25. The average Bonchev–Trinajstić information content (AvgIpc) is 2.51. The van der Waals surface area contributed by atoms with Gasteiger partial charge in [-0.3, -0.25) is 0 Å². The van der Waals surface area contributed by atoms with Gasteiger partial charge in [0.2, 0.25) is 0 Å². The van der Waals surface area contributed by atoms with E-state index in [9.17, 15) is 8.42 Å². The number of sulfone groups is 1. The predicted octanol–water partition coefficient (Wildman–Crippen LogP) is 6.15. The summed E-state index contributed by atoms with van der Waals surface area (Å²) in [7, 11) is -3.81. The molecule has 0 fully saturated rings. The summed E-state index contributed by atoms with van der Waals surface area (Å²) < 4.78 is 26.1. The Balaban J connectivity index is 2.52. The van der Waals surface area contributed by atoms with Crippen molar-refractivity contribution in [1.82, 2.24) is 5.32 Å². The molecule has 0 saturated heterocycles.